The third-order valence-corrected chi connectivity index (χ3v) is 3.73. The number of carbonyl (C=O) groups is 1. The van der Waals surface area contributed by atoms with Gasteiger partial charge in [-0.25, -0.2) is 4.98 Å². The molecule has 1 aromatic heterocycles. The number of benzene rings is 1. The number of hydrogen-bond acceptors (Lipinski definition) is 4. The smallest absolute Gasteiger partial charge is 0.253 e. The first-order chi connectivity index (χ1) is 9.63. The van der Waals surface area contributed by atoms with Gasteiger partial charge in [0, 0.05) is 48.0 Å². The van der Waals surface area contributed by atoms with E-state index >= 15 is 0 Å². The Bertz CT molecular complexity index is 658. The zero-order valence-corrected chi connectivity index (χ0v) is 12.3. The van der Waals surface area contributed by atoms with Crippen LogP contribution in [0, 0.1) is 0 Å². The normalized spacial score (nSPS) is 12.1. The van der Waals surface area contributed by atoms with Crippen LogP contribution in [0.25, 0.3) is 10.8 Å². The summed E-state index contributed by atoms with van der Waals surface area (Å²) in [6, 6.07) is 7.61. The Labute approximate surface area is 120 Å². The number of aromatic nitrogens is 1. The highest BCUT2D eigenvalue weighted by molar-refractivity contribution is 7.84. The van der Waals surface area contributed by atoms with Gasteiger partial charge in [0.1, 0.15) is 5.82 Å². The van der Waals surface area contributed by atoms with Gasteiger partial charge in [0.25, 0.3) is 5.91 Å². The largest absolute Gasteiger partial charge is 0.373 e. The average molecular weight is 291 g/mol. The number of hydrogen-bond donors (Lipinski definition) is 2. The quantitative estimate of drug-likeness (QED) is 0.873. The fraction of sp³-hybridized carbons (Fsp3) is 0.286. The van der Waals surface area contributed by atoms with Crippen molar-refractivity contribution in [1.29, 1.82) is 0 Å². The van der Waals surface area contributed by atoms with Crippen LogP contribution in [0.1, 0.15) is 10.4 Å². The number of fused-ring (bicyclic) bond motifs is 1. The van der Waals surface area contributed by atoms with Crippen LogP contribution in [0.4, 0.5) is 5.82 Å². The first-order valence-corrected chi connectivity index (χ1v) is 8.00. The van der Waals surface area contributed by atoms with Crippen molar-refractivity contribution in [2.45, 2.75) is 0 Å². The maximum atomic E-state index is 12.2. The summed E-state index contributed by atoms with van der Waals surface area (Å²) in [6.07, 6.45) is 3.18. The summed E-state index contributed by atoms with van der Waals surface area (Å²) in [5.74, 6) is 1.000. The Hall–Kier alpha value is -1.95. The van der Waals surface area contributed by atoms with Gasteiger partial charge < -0.3 is 10.6 Å². The molecular weight excluding hydrogens is 274 g/mol. The third kappa shape index (κ3) is 3.14. The van der Waals surface area contributed by atoms with Gasteiger partial charge in [-0.15, -0.1) is 0 Å². The lowest BCUT2D eigenvalue weighted by Crippen LogP contribution is -2.27. The molecule has 1 unspecified atom stereocenters. The molecule has 0 aliphatic carbocycles. The van der Waals surface area contributed by atoms with Gasteiger partial charge in [0.15, 0.2) is 0 Å². The highest BCUT2D eigenvalue weighted by atomic mass is 32.2. The molecule has 1 aromatic carbocycles. The van der Waals surface area contributed by atoms with Crippen LogP contribution in [0.3, 0.4) is 0 Å². The van der Waals surface area contributed by atoms with Crippen molar-refractivity contribution in [2.75, 3.05) is 30.9 Å². The molecule has 1 amide bonds. The Morgan fingerprint density at radius 1 is 1.30 bits per heavy atom. The fourth-order valence-corrected chi connectivity index (χ4v) is 2.37. The van der Waals surface area contributed by atoms with E-state index in [4.69, 9.17) is 0 Å². The van der Waals surface area contributed by atoms with Crippen molar-refractivity contribution in [3.8, 4) is 0 Å². The molecule has 0 spiro atoms. The van der Waals surface area contributed by atoms with Crippen molar-refractivity contribution in [1.82, 2.24) is 10.3 Å². The van der Waals surface area contributed by atoms with E-state index in [9.17, 15) is 9.00 Å². The van der Waals surface area contributed by atoms with E-state index < -0.39 is 10.8 Å². The molecule has 2 rings (SSSR count). The number of rotatable bonds is 5. The number of carbonyl (C=O) groups excluding carboxylic acids is 1. The number of anilines is 1. The molecule has 20 heavy (non-hydrogen) atoms. The third-order valence-electron chi connectivity index (χ3n) is 2.95. The second kappa shape index (κ2) is 6.47. The highest BCUT2D eigenvalue weighted by Gasteiger charge is 2.12. The van der Waals surface area contributed by atoms with Crippen LogP contribution in [0.5, 0.6) is 0 Å². The molecule has 0 fully saturated rings. The molecule has 5 nitrogen and oxygen atoms in total. The first-order valence-electron chi connectivity index (χ1n) is 6.27. The number of nitrogens with zero attached hydrogens (tertiary/aromatic N) is 1. The predicted octanol–water partition coefficient (Wildman–Crippen LogP) is 1.38. The molecule has 0 aliphatic rings. The molecule has 0 bridgehead atoms. The molecule has 0 aliphatic heterocycles. The minimum absolute atomic E-state index is 0.193. The van der Waals surface area contributed by atoms with E-state index in [-0.39, 0.29) is 5.91 Å². The summed E-state index contributed by atoms with van der Waals surface area (Å²) in [6.45, 7) is 0.393. The molecule has 0 saturated heterocycles. The zero-order chi connectivity index (χ0) is 14.5. The van der Waals surface area contributed by atoms with Crippen molar-refractivity contribution >= 4 is 33.3 Å². The summed E-state index contributed by atoms with van der Waals surface area (Å²) >= 11 is 0. The van der Waals surface area contributed by atoms with Gasteiger partial charge in [0.2, 0.25) is 0 Å². The Balaban J connectivity index is 2.30. The standard InChI is InChI=1S/C14H17N3O2S/c1-15-13-11-6-4-3-5-10(11)12(9-17-13)14(18)16-7-8-20(2)19/h3-6,9H,7-8H2,1-2H3,(H,15,17)(H,16,18). The fourth-order valence-electron chi connectivity index (χ4n) is 1.98. The number of nitrogens with one attached hydrogen (secondary N) is 2. The van der Waals surface area contributed by atoms with Crippen molar-refractivity contribution in [3.63, 3.8) is 0 Å². The van der Waals surface area contributed by atoms with E-state index in [1.165, 1.54) is 0 Å². The number of pyridine rings is 1. The predicted molar refractivity (Wildman–Crippen MR) is 82.6 cm³/mol. The van der Waals surface area contributed by atoms with Gasteiger partial charge in [-0.2, -0.15) is 0 Å². The van der Waals surface area contributed by atoms with Crippen molar-refractivity contribution in [2.24, 2.45) is 0 Å². The van der Waals surface area contributed by atoms with Gasteiger partial charge in [-0.3, -0.25) is 9.00 Å². The molecule has 0 saturated carbocycles. The molecule has 0 radical (unpaired) electrons. The Kier molecular flexibility index (Phi) is 4.68. The highest BCUT2D eigenvalue weighted by Crippen LogP contribution is 2.23. The maximum absolute atomic E-state index is 12.2. The molecule has 2 N–H and O–H groups in total. The second-order valence-electron chi connectivity index (χ2n) is 4.35. The monoisotopic (exact) mass is 291 g/mol. The van der Waals surface area contributed by atoms with Crippen molar-refractivity contribution in [3.05, 3.63) is 36.0 Å². The molecular formula is C14H17N3O2S. The first kappa shape index (κ1) is 14.5. The van der Waals surface area contributed by atoms with Crippen LogP contribution in [0.15, 0.2) is 30.5 Å². The molecule has 2 aromatic rings. The molecule has 1 heterocycles. The lowest BCUT2D eigenvalue weighted by Gasteiger charge is -2.10. The summed E-state index contributed by atoms with van der Waals surface area (Å²) in [4.78, 5) is 16.4. The van der Waals surface area contributed by atoms with Crippen LogP contribution >= 0.6 is 0 Å². The van der Waals surface area contributed by atoms with Crippen LogP contribution in [-0.2, 0) is 10.8 Å². The van der Waals surface area contributed by atoms with Crippen molar-refractivity contribution < 1.29 is 9.00 Å². The second-order valence-corrected chi connectivity index (χ2v) is 5.90. The summed E-state index contributed by atoms with van der Waals surface area (Å²) in [5.41, 5.74) is 0.529. The van der Waals surface area contributed by atoms with Gasteiger partial charge in [0.05, 0.1) is 5.56 Å². The van der Waals surface area contributed by atoms with Gasteiger partial charge in [-0.05, 0) is 5.39 Å². The van der Waals surface area contributed by atoms with E-state index in [1.54, 1.807) is 19.5 Å². The Morgan fingerprint density at radius 2 is 2.00 bits per heavy atom. The van der Waals surface area contributed by atoms with Crippen LogP contribution in [0.2, 0.25) is 0 Å². The van der Waals surface area contributed by atoms with Crippen LogP contribution < -0.4 is 10.6 Å². The molecule has 1 atom stereocenters. The zero-order valence-electron chi connectivity index (χ0n) is 11.5. The van der Waals surface area contributed by atoms with Gasteiger partial charge in [-0.1, -0.05) is 24.3 Å². The minimum Gasteiger partial charge on any atom is -0.373 e. The van der Waals surface area contributed by atoms with E-state index in [0.717, 1.165) is 16.6 Å². The molecule has 106 valence electrons. The number of amides is 1. The van der Waals surface area contributed by atoms with E-state index in [1.807, 2.05) is 24.3 Å². The summed E-state index contributed by atoms with van der Waals surface area (Å²) < 4.78 is 11.0. The lowest BCUT2D eigenvalue weighted by atomic mass is 10.1. The van der Waals surface area contributed by atoms with Crippen LogP contribution in [-0.4, -0.2) is 40.7 Å². The maximum Gasteiger partial charge on any atom is 0.253 e. The lowest BCUT2D eigenvalue weighted by molar-refractivity contribution is 0.0957. The van der Waals surface area contributed by atoms with E-state index in [2.05, 4.69) is 15.6 Å². The Morgan fingerprint density at radius 3 is 2.65 bits per heavy atom. The minimum atomic E-state index is -0.911. The average Bonchev–Trinajstić information content (AvgIpc) is 2.45. The van der Waals surface area contributed by atoms with E-state index in [0.29, 0.717) is 17.9 Å². The van der Waals surface area contributed by atoms with Gasteiger partial charge >= 0.3 is 0 Å². The molecule has 6 heteroatoms. The topological polar surface area (TPSA) is 71.1 Å². The summed E-state index contributed by atoms with van der Waals surface area (Å²) in [7, 11) is 0.886. The SMILES string of the molecule is CNc1ncc(C(=O)NCCS(C)=O)c2ccccc12. The summed E-state index contributed by atoms with van der Waals surface area (Å²) in [5, 5.41) is 7.53.